The van der Waals surface area contributed by atoms with Gasteiger partial charge >= 0.3 is 0 Å². The van der Waals surface area contributed by atoms with Gasteiger partial charge in [-0.3, -0.25) is 13.9 Å². The van der Waals surface area contributed by atoms with Crippen LogP contribution < -0.4 is 14.9 Å². The van der Waals surface area contributed by atoms with Gasteiger partial charge in [0.2, 0.25) is 5.91 Å². The molecule has 0 aromatic heterocycles. The van der Waals surface area contributed by atoms with Crippen LogP contribution in [0.4, 0.5) is 11.4 Å². The van der Waals surface area contributed by atoms with Crippen LogP contribution in [-0.2, 0) is 14.8 Å². The molecule has 0 spiro atoms. The number of anilines is 2. The Balaban J connectivity index is 1.81. The van der Waals surface area contributed by atoms with Crippen molar-refractivity contribution in [3.8, 4) is 0 Å². The second kappa shape index (κ2) is 10.3. The van der Waals surface area contributed by atoms with Gasteiger partial charge in [-0.1, -0.05) is 36.4 Å². The van der Waals surface area contributed by atoms with Crippen molar-refractivity contribution in [2.75, 3.05) is 16.2 Å². The molecule has 172 valence electrons. The number of hydrogen-bond donors (Lipinski definition) is 2. The zero-order chi connectivity index (χ0) is 24.0. The van der Waals surface area contributed by atoms with Gasteiger partial charge in [-0.25, -0.2) is 8.42 Å². The minimum atomic E-state index is -3.84. The van der Waals surface area contributed by atoms with Crippen LogP contribution in [0.1, 0.15) is 42.7 Å². The molecule has 0 saturated heterocycles. The number of carbonyl (C=O) groups is 2. The Morgan fingerprint density at radius 3 is 2.30 bits per heavy atom. The van der Waals surface area contributed by atoms with Gasteiger partial charge in [0.05, 0.1) is 16.6 Å². The fourth-order valence-electron chi connectivity index (χ4n) is 3.46. The van der Waals surface area contributed by atoms with Gasteiger partial charge in [0.25, 0.3) is 15.9 Å². The normalized spacial score (nSPS) is 12.0. The molecule has 0 aliphatic carbocycles. The van der Waals surface area contributed by atoms with E-state index in [1.54, 1.807) is 61.5 Å². The zero-order valence-electron chi connectivity index (χ0n) is 18.8. The van der Waals surface area contributed by atoms with Gasteiger partial charge in [-0.15, -0.1) is 0 Å². The quantitative estimate of drug-likeness (QED) is 0.517. The van der Waals surface area contributed by atoms with Crippen molar-refractivity contribution in [3.05, 3.63) is 90.0 Å². The summed E-state index contributed by atoms with van der Waals surface area (Å²) in [5.41, 5.74) is 2.24. The predicted molar refractivity (Wildman–Crippen MR) is 130 cm³/mol. The molecule has 0 saturated carbocycles. The maximum Gasteiger partial charge on any atom is 0.264 e. The van der Waals surface area contributed by atoms with E-state index in [1.807, 2.05) is 19.1 Å². The molecule has 3 aromatic rings. The van der Waals surface area contributed by atoms with Gasteiger partial charge in [0.1, 0.15) is 0 Å². The molecule has 0 heterocycles. The second-order valence-corrected chi connectivity index (χ2v) is 9.40. The Morgan fingerprint density at radius 2 is 1.64 bits per heavy atom. The van der Waals surface area contributed by atoms with Crippen LogP contribution in [0.3, 0.4) is 0 Å². The van der Waals surface area contributed by atoms with Crippen molar-refractivity contribution in [1.29, 1.82) is 0 Å². The molecule has 0 aliphatic heterocycles. The number of para-hydroxylation sites is 1. The molecule has 3 rings (SSSR count). The first-order valence-corrected chi connectivity index (χ1v) is 12.0. The van der Waals surface area contributed by atoms with Gasteiger partial charge in [-0.2, -0.15) is 0 Å². The van der Waals surface area contributed by atoms with Crippen molar-refractivity contribution in [1.82, 2.24) is 5.32 Å². The highest BCUT2D eigenvalue weighted by molar-refractivity contribution is 7.92. The molecule has 33 heavy (non-hydrogen) atoms. The number of hydrogen-bond acceptors (Lipinski definition) is 4. The average molecular weight is 466 g/mol. The number of benzene rings is 3. The predicted octanol–water partition coefficient (Wildman–Crippen LogP) is 4.35. The highest BCUT2D eigenvalue weighted by Gasteiger charge is 2.24. The summed E-state index contributed by atoms with van der Waals surface area (Å²) in [4.78, 5) is 24.2. The standard InChI is InChI=1S/C25H27N3O4S/c1-4-28(23-13-6-5-7-14-23)33(31,32)24-15-9-11-21(17-24)25(30)26-18(2)20-10-8-12-22(16-20)27-19(3)29/h5-18H,4H2,1-3H3,(H,26,30)(H,27,29). The molecular weight excluding hydrogens is 438 g/mol. The van der Waals surface area contributed by atoms with E-state index in [-0.39, 0.29) is 29.0 Å². The van der Waals surface area contributed by atoms with E-state index in [0.717, 1.165) is 5.56 Å². The maximum atomic E-state index is 13.3. The van der Waals surface area contributed by atoms with Gasteiger partial charge in [0, 0.05) is 24.7 Å². The number of rotatable bonds is 8. The lowest BCUT2D eigenvalue weighted by Crippen LogP contribution is -2.31. The highest BCUT2D eigenvalue weighted by atomic mass is 32.2. The summed E-state index contributed by atoms with van der Waals surface area (Å²) in [5, 5.41) is 5.60. The van der Waals surface area contributed by atoms with Crippen LogP contribution >= 0.6 is 0 Å². The van der Waals surface area contributed by atoms with Crippen molar-refractivity contribution in [2.45, 2.75) is 31.7 Å². The molecule has 8 heteroatoms. The van der Waals surface area contributed by atoms with Crippen molar-refractivity contribution in [2.24, 2.45) is 0 Å². The van der Waals surface area contributed by atoms with Crippen LogP contribution in [0.25, 0.3) is 0 Å². The average Bonchev–Trinajstić information content (AvgIpc) is 2.80. The first-order valence-electron chi connectivity index (χ1n) is 10.6. The van der Waals surface area contributed by atoms with E-state index in [4.69, 9.17) is 0 Å². The minimum absolute atomic E-state index is 0.0427. The molecule has 0 bridgehead atoms. The van der Waals surface area contributed by atoms with E-state index in [2.05, 4.69) is 10.6 Å². The van der Waals surface area contributed by atoms with E-state index < -0.39 is 15.9 Å². The monoisotopic (exact) mass is 465 g/mol. The third-order valence-corrected chi connectivity index (χ3v) is 6.97. The Kier molecular flexibility index (Phi) is 7.50. The molecular formula is C25H27N3O4S. The lowest BCUT2D eigenvalue weighted by atomic mass is 10.1. The first-order chi connectivity index (χ1) is 15.7. The van der Waals surface area contributed by atoms with Crippen molar-refractivity contribution >= 4 is 33.2 Å². The van der Waals surface area contributed by atoms with Crippen LogP contribution in [-0.4, -0.2) is 26.8 Å². The number of nitrogens with zero attached hydrogens (tertiary/aromatic N) is 1. The SMILES string of the molecule is CCN(c1ccccc1)S(=O)(=O)c1cccc(C(=O)NC(C)c2cccc(NC(C)=O)c2)c1. The van der Waals surface area contributed by atoms with E-state index in [0.29, 0.717) is 11.4 Å². The molecule has 2 N–H and O–H groups in total. The van der Waals surface area contributed by atoms with Crippen molar-refractivity contribution in [3.63, 3.8) is 0 Å². The second-order valence-electron chi connectivity index (χ2n) is 7.53. The minimum Gasteiger partial charge on any atom is -0.346 e. The van der Waals surface area contributed by atoms with Crippen LogP contribution in [0.15, 0.2) is 83.8 Å². The number of carbonyl (C=O) groups excluding carboxylic acids is 2. The fraction of sp³-hybridized carbons (Fsp3) is 0.200. The summed E-state index contributed by atoms with van der Waals surface area (Å²) >= 11 is 0. The molecule has 0 radical (unpaired) electrons. The molecule has 2 amide bonds. The van der Waals surface area contributed by atoms with Crippen LogP contribution in [0.5, 0.6) is 0 Å². The smallest absolute Gasteiger partial charge is 0.264 e. The number of amides is 2. The summed E-state index contributed by atoms with van der Waals surface area (Å²) < 4.78 is 27.8. The van der Waals surface area contributed by atoms with E-state index in [9.17, 15) is 18.0 Å². The summed E-state index contributed by atoms with van der Waals surface area (Å²) in [6.45, 7) is 5.26. The highest BCUT2D eigenvalue weighted by Crippen LogP contribution is 2.24. The van der Waals surface area contributed by atoms with Gasteiger partial charge < -0.3 is 10.6 Å². The third-order valence-electron chi connectivity index (χ3n) is 5.07. The molecule has 0 aliphatic rings. The topological polar surface area (TPSA) is 95.6 Å². The van der Waals surface area contributed by atoms with Gasteiger partial charge in [-0.05, 0) is 61.9 Å². The fourth-order valence-corrected chi connectivity index (χ4v) is 4.98. The van der Waals surface area contributed by atoms with E-state index in [1.165, 1.54) is 23.4 Å². The van der Waals surface area contributed by atoms with Gasteiger partial charge in [0.15, 0.2) is 0 Å². The molecule has 0 fully saturated rings. The first kappa shape index (κ1) is 24.0. The van der Waals surface area contributed by atoms with E-state index >= 15 is 0 Å². The lowest BCUT2D eigenvalue weighted by molar-refractivity contribution is -0.114. The molecule has 7 nitrogen and oxygen atoms in total. The summed E-state index contributed by atoms with van der Waals surface area (Å²) in [5.74, 6) is -0.578. The Bertz CT molecular complexity index is 1240. The van der Waals surface area contributed by atoms with Crippen LogP contribution in [0, 0.1) is 0 Å². The van der Waals surface area contributed by atoms with Crippen molar-refractivity contribution < 1.29 is 18.0 Å². The lowest BCUT2D eigenvalue weighted by Gasteiger charge is -2.23. The Morgan fingerprint density at radius 1 is 0.939 bits per heavy atom. The molecule has 1 unspecified atom stereocenters. The summed E-state index contributed by atoms with van der Waals surface area (Å²) in [6, 6.07) is 21.7. The third kappa shape index (κ3) is 5.78. The molecule has 1 atom stereocenters. The summed E-state index contributed by atoms with van der Waals surface area (Å²) in [7, 11) is -3.84. The Hall–Kier alpha value is -3.65. The Labute approximate surface area is 194 Å². The zero-order valence-corrected chi connectivity index (χ0v) is 19.6. The summed E-state index contributed by atoms with van der Waals surface area (Å²) in [6.07, 6.45) is 0. The maximum absolute atomic E-state index is 13.3. The van der Waals surface area contributed by atoms with Crippen LogP contribution in [0.2, 0.25) is 0 Å². The largest absolute Gasteiger partial charge is 0.346 e. The number of nitrogens with one attached hydrogen (secondary N) is 2. The molecule has 3 aromatic carbocycles. The number of sulfonamides is 1.